The second kappa shape index (κ2) is 3.82. The Morgan fingerprint density at radius 1 is 1.14 bits per heavy atom. The van der Waals surface area contributed by atoms with Crippen LogP contribution in [0.5, 0.6) is 0 Å². The zero-order valence-corrected chi connectivity index (χ0v) is 13.2. The molecule has 2 heteroatoms. The molecule has 3 saturated carbocycles. The highest BCUT2D eigenvalue weighted by molar-refractivity contribution is 5.91. The van der Waals surface area contributed by atoms with Gasteiger partial charge in [0.15, 0.2) is 5.78 Å². The van der Waals surface area contributed by atoms with Crippen molar-refractivity contribution in [3.63, 3.8) is 0 Å². The highest BCUT2D eigenvalue weighted by Crippen LogP contribution is 2.68. The summed E-state index contributed by atoms with van der Waals surface area (Å²) in [5.41, 5.74) is 2.28. The van der Waals surface area contributed by atoms with E-state index in [9.17, 15) is 4.79 Å². The fraction of sp³-hybridized carbons (Fsp3) is 0.842. The topological polar surface area (TPSA) is 29.6 Å². The van der Waals surface area contributed by atoms with E-state index >= 15 is 0 Å². The molecule has 0 N–H and O–H groups in total. The van der Waals surface area contributed by atoms with Crippen molar-refractivity contribution in [2.24, 2.45) is 28.6 Å². The Morgan fingerprint density at radius 2 is 2.00 bits per heavy atom. The molecule has 114 valence electrons. The van der Waals surface area contributed by atoms with Gasteiger partial charge < -0.3 is 4.74 Å². The third-order valence-corrected chi connectivity index (χ3v) is 8.12. The van der Waals surface area contributed by atoms with Gasteiger partial charge in [0.25, 0.3) is 0 Å². The largest absolute Gasteiger partial charge is 0.369 e. The number of fused-ring (bicyclic) bond motifs is 7. The van der Waals surface area contributed by atoms with Crippen LogP contribution in [-0.2, 0) is 9.53 Å². The Bertz CT molecular complexity index is 550. The number of carbonyl (C=O) groups is 1. The zero-order chi connectivity index (χ0) is 14.4. The van der Waals surface area contributed by atoms with E-state index in [2.05, 4.69) is 13.8 Å². The third kappa shape index (κ3) is 1.50. The fourth-order valence-electron chi connectivity index (χ4n) is 6.86. The third-order valence-electron chi connectivity index (χ3n) is 8.12. The number of hydrogen-bond donors (Lipinski definition) is 0. The van der Waals surface area contributed by atoms with Crippen LogP contribution in [0.15, 0.2) is 11.6 Å². The van der Waals surface area contributed by atoms with Crippen LogP contribution < -0.4 is 0 Å². The van der Waals surface area contributed by atoms with Crippen molar-refractivity contribution < 1.29 is 9.53 Å². The average molecular weight is 286 g/mol. The summed E-state index contributed by atoms with van der Waals surface area (Å²) in [6.07, 6.45) is 11.6. The SMILES string of the molecule is C[C@]12CC[C@H]3[C@@H](CCC4=CC(=O)CC[C@@]43C)[C@@H]1C[C@H]1O[C@H]12. The second-order valence-corrected chi connectivity index (χ2v) is 8.84. The minimum atomic E-state index is 0.325. The molecule has 1 aliphatic heterocycles. The molecular weight excluding hydrogens is 260 g/mol. The van der Waals surface area contributed by atoms with Crippen LogP contribution in [0.25, 0.3) is 0 Å². The molecule has 0 aromatic carbocycles. The van der Waals surface area contributed by atoms with Crippen molar-refractivity contribution in [1.82, 2.24) is 0 Å². The molecule has 0 spiro atoms. The molecule has 0 radical (unpaired) electrons. The van der Waals surface area contributed by atoms with E-state index in [0.717, 1.165) is 30.6 Å². The van der Waals surface area contributed by atoms with E-state index in [4.69, 9.17) is 4.74 Å². The monoisotopic (exact) mass is 286 g/mol. The second-order valence-electron chi connectivity index (χ2n) is 8.84. The Hall–Kier alpha value is -0.630. The van der Waals surface area contributed by atoms with Crippen LogP contribution in [0, 0.1) is 28.6 Å². The van der Waals surface area contributed by atoms with Gasteiger partial charge in [-0.1, -0.05) is 19.4 Å². The lowest BCUT2D eigenvalue weighted by Crippen LogP contribution is -2.50. The van der Waals surface area contributed by atoms with Gasteiger partial charge >= 0.3 is 0 Å². The number of allylic oxidation sites excluding steroid dienone is 1. The number of ketones is 1. The van der Waals surface area contributed by atoms with E-state index < -0.39 is 0 Å². The first-order chi connectivity index (χ1) is 10.0. The molecule has 0 amide bonds. The van der Waals surface area contributed by atoms with Crippen LogP contribution in [0.1, 0.15) is 58.8 Å². The highest BCUT2D eigenvalue weighted by Gasteiger charge is 2.67. The Balaban J connectivity index is 1.51. The minimum Gasteiger partial charge on any atom is -0.369 e. The van der Waals surface area contributed by atoms with Gasteiger partial charge in [-0.05, 0) is 73.2 Å². The first-order valence-corrected chi connectivity index (χ1v) is 8.92. The molecule has 0 aromatic rings. The molecule has 1 saturated heterocycles. The van der Waals surface area contributed by atoms with Gasteiger partial charge in [-0.25, -0.2) is 0 Å². The molecule has 1 heterocycles. The fourth-order valence-corrected chi connectivity index (χ4v) is 6.86. The molecule has 5 rings (SSSR count). The van der Waals surface area contributed by atoms with Gasteiger partial charge in [0.2, 0.25) is 0 Å². The molecule has 21 heavy (non-hydrogen) atoms. The van der Waals surface area contributed by atoms with Crippen LogP contribution in [0.2, 0.25) is 0 Å². The maximum Gasteiger partial charge on any atom is 0.155 e. The summed E-state index contributed by atoms with van der Waals surface area (Å²) in [4.78, 5) is 11.8. The van der Waals surface area contributed by atoms with Crippen molar-refractivity contribution in [2.75, 3.05) is 0 Å². The summed E-state index contributed by atoms with van der Waals surface area (Å²) in [6.45, 7) is 4.97. The van der Waals surface area contributed by atoms with Crippen molar-refractivity contribution in [3.05, 3.63) is 11.6 Å². The highest BCUT2D eigenvalue weighted by atomic mass is 16.6. The normalized spacial score (nSPS) is 57.7. The summed E-state index contributed by atoms with van der Waals surface area (Å²) < 4.78 is 5.89. The molecule has 0 unspecified atom stereocenters. The van der Waals surface area contributed by atoms with E-state index in [1.165, 1.54) is 37.7 Å². The summed E-state index contributed by atoms with van der Waals surface area (Å²) in [7, 11) is 0. The predicted octanol–water partition coefficient (Wildman–Crippen LogP) is 3.90. The van der Waals surface area contributed by atoms with E-state index in [1.807, 2.05) is 6.08 Å². The Kier molecular flexibility index (Phi) is 2.34. The average Bonchev–Trinajstić information content (AvgIpc) is 3.17. The van der Waals surface area contributed by atoms with Crippen molar-refractivity contribution >= 4 is 5.78 Å². The molecule has 0 bridgehead atoms. The first kappa shape index (κ1) is 12.9. The van der Waals surface area contributed by atoms with Gasteiger partial charge in [-0.3, -0.25) is 4.79 Å². The smallest absolute Gasteiger partial charge is 0.155 e. The van der Waals surface area contributed by atoms with Gasteiger partial charge in [0.1, 0.15) is 0 Å². The maximum atomic E-state index is 11.8. The minimum absolute atomic E-state index is 0.325. The number of ether oxygens (including phenoxy) is 1. The van der Waals surface area contributed by atoms with Gasteiger partial charge in [0.05, 0.1) is 12.2 Å². The molecule has 0 aromatic heterocycles. The lowest BCUT2D eigenvalue weighted by Gasteiger charge is -2.57. The Labute approximate surface area is 127 Å². The zero-order valence-electron chi connectivity index (χ0n) is 13.2. The van der Waals surface area contributed by atoms with E-state index in [1.54, 1.807) is 0 Å². The predicted molar refractivity (Wildman–Crippen MR) is 80.8 cm³/mol. The standard InChI is InChI=1S/C19H26O2/c1-18-7-5-12(20)9-11(18)3-4-13-14(18)6-8-19(2)15(13)10-16-17(19)21-16/h9,13-17H,3-8,10H2,1-2H3/t13-,14+,15+,16-,17-,18+,19+/m1/s1. The van der Waals surface area contributed by atoms with Gasteiger partial charge in [-0.2, -0.15) is 0 Å². The van der Waals surface area contributed by atoms with E-state index in [-0.39, 0.29) is 0 Å². The molecule has 7 atom stereocenters. The first-order valence-electron chi connectivity index (χ1n) is 8.92. The summed E-state index contributed by atoms with van der Waals surface area (Å²) in [5, 5.41) is 0. The maximum absolute atomic E-state index is 11.8. The number of epoxide rings is 1. The van der Waals surface area contributed by atoms with E-state index in [0.29, 0.717) is 28.8 Å². The lowest BCUT2D eigenvalue weighted by atomic mass is 9.47. The molecule has 5 aliphatic rings. The van der Waals surface area contributed by atoms with Crippen LogP contribution in [0.3, 0.4) is 0 Å². The van der Waals surface area contributed by atoms with Gasteiger partial charge in [-0.15, -0.1) is 0 Å². The van der Waals surface area contributed by atoms with Crippen molar-refractivity contribution in [3.8, 4) is 0 Å². The number of carbonyl (C=O) groups excluding carboxylic acids is 1. The van der Waals surface area contributed by atoms with Crippen LogP contribution in [-0.4, -0.2) is 18.0 Å². The van der Waals surface area contributed by atoms with Crippen molar-refractivity contribution in [1.29, 1.82) is 0 Å². The Morgan fingerprint density at radius 3 is 2.86 bits per heavy atom. The quantitative estimate of drug-likeness (QED) is 0.632. The molecule has 4 fully saturated rings. The van der Waals surface area contributed by atoms with Crippen LogP contribution >= 0.6 is 0 Å². The summed E-state index contributed by atoms with van der Waals surface area (Å²) in [6, 6.07) is 0. The van der Waals surface area contributed by atoms with Gasteiger partial charge in [0, 0.05) is 6.42 Å². The summed E-state index contributed by atoms with van der Waals surface area (Å²) in [5.74, 6) is 2.96. The number of rotatable bonds is 0. The summed E-state index contributed by atoms with van der Waals surface area (Å²) >= 11 is 0. The molecular formula is C19H26O2. The number of hydrogen-bond acceptors (Lipinski definition) is 2. The van der Waals surface area contributed by atoms with Crippen LogP contribution in [0.4, 0.5) is 0 Å². The molecule has 4 aliphatic carbocycles. The lowest BCUT2D eigenvalue weighted by molar-refractivity contribution is -0.117. The molecule has 2 nitrogen and oxygen atoms in total. The van der Waals surface area contributed by atoms with Crippen molar-refractivity contribution in [2.45, 2.75) is 71.0 Å².